The number of halogens is 4. The number of hydrogen-bond donors (Lipinski definition) is 1. The first kappa shape index (κ1) is 41.1. The summed E-state index contributed by atoms with van der Waals surface area (Å²) in [5, 5.41) is 0.955. The van der Waals surface area contributed by atoms with Crippen LogP contribution in [-0.2, 0) is 16.1 Å². The monoisotopic (exact) mass is 812 g/mol. The van der Waals surface area contributed by atoms with Crippen LogP contribution in [0.2, 0.25) is 10.0 Å². The highest BCUT2D eigenvalue weighted by atomic mass is 35.5. The molecule has 0 unspecified atom stereocenters. The van der Waals surface area contributed by atoms with Crippen molar-refractivity contribution in [2.24, 2.45) is 0 Å². The largest absolute Gasteiger partial charge is 0.472 e. The molecule has 1 N–H and O–H groups in total. The average molecular weight is 814 g/mol. The molecule has 0 saturated carbocycles. The highest BCUT2D eigenvalue weighted by Crippen LogP contribution is 2.43. The first-order valence-electron chi connectivity index (χ1n) is 18.7. The summed E-state index contributed by atoms with van der Waals surface area (Å²) >= 11 is 12.3. The van der Waals surface area contributed by atoms with Gasteiger partial charge in [-0.25, -0.2) is 23.4 Å². The summed E-state index contributed by atoms with van der Waals surface area (Å²) in [5.41, 5.74) is 7.39. The third kappa shape index (κ3) is 9.87. The molecule has 7 rings (SSSR count). The lowest BCUT2D eigenvalue weighted by Gasteiger charge is -2.14. The second-order valence-electron chi connectivity index (χ2n) is 13.3. The first-order chi connectivity index (χ1) is 27.6. The first-order valence-corrected chi connectivity index (χ1v) is 19.4. The number of carbonyl (C=O) groups is 2. The number of hydrogen-bond acceptors (Lipinski definition) is 7. The second kappa shape index (κ2) is 19.0. The number of nitrogens with one attached hydrogen (secondary N) is 1. The van der Waals surface area contributed by atoms with Gasteiger partial charge in [-0.05, 0) is 128 Å². The number of carbonyl (C=O) groups excluding carboxylic acids is 2. The van der Waals surface area contributed by atoms with E-state index >= 15 is 0 Å². The number of aromatic amines is 1. The topological polar surface area (TPSA) is 108 Å². The van der Waals surface area contributed by atoms with Crippen molar-refractivity contribution in [3.8, 4) is 5.88 Å². The van der Waals surface area contributed by atoms with Crippen LogP contribution < -0.4 is 10.3 Å². The summed E-state index contributed by atoms with van der Waals surface area (Å²) in [4.78, 5) is 43.3. The molecular weight excluding hydrogens is 773 g/mol. The number of ether oxygens (including phenoxy) is 3. The van der Waals surface area contributed by atoms with E-state index in [0.717, 1.165) is 83.1 Å². The molecule has 0 bridgehead atoms. The average Bonchev–Trinajstić information content (AvgIpc) is 3.91. The van der Waals surface area contributed by atoms with Gasteiger partial charge in [0.2, 0.25) is 5.88 Å². The maximum atomic E-state index is 14.3. The van der Waals surface area contributed by atoms with Gasteiger partial charge in [0.15, 0.2) is 0 Å². The van der Waals surface area contributed by atoms with Gasteiger partial charge in [-0.1, -0.05) is 65.7 Å². The predicted molar refractivity (Wildman–Crippen MR) is 218 cm³/mol. The molecule has 57 heavy (non-hydrogen) atoms. The molecule has 5 aromatic rings. The molecular formula is C45H40Cl2F2N2O6. The third-order valence-corrected chi connectivity index (χ3v) is 10.0. The van der Waals surface area contributed by atoms with E-state index in [-0.39, 0.29) is 29.9 Å². The van der Waals surface area contributed by atoms with Crippen LogP contribution in [0.15, 0.2) is 96.1 Å². The maximum absolute atomic E-state index is 14.3. The number of benzene rings is 3. The Morgan fingerprint density at radius 2 is 1.23 bits per heavy atom. The van der Waals surface area contributed by atoms with Gasteiger partial charge in [0.1, 0.15) is 18.2 Å². The molecule has 3 aromatic carbocycles. The minimum absolute atomic E-state index is 0.0622. The molecule has 2 aliphatic rings. The molecule has 0 spiro atoms. The zero-order valence-corrected chi connectivity index (χ0v) is 32.9. The molecule has 8 nitrogen and oxygen atoms in total. The van der Waals surface area contributed by atoms with Crippen molar-refractivity contribution in [3.63, 3.8) is 0 Å². The Bertz CT molecular complexity index is 2410. The number of nitrogens with zero attached hydrogens (tertiary/aromatic N) is 1. The van der Waals surface area contributed by atoms with Gasteiger partial charge in [0.05, 0.1) is 34.4 Å². The van der Waals surface area contributed by atoms with E-state index in [1.807, 2.05) is 36.4 Å². The summed E-state index contributed by atoms with van der Waals surface area (Å²) < 4.78 is 44.2. The number of esters is 2. The van der Waals surface area contributed by atoms with E-state index in [0.29, 0.717) is 28.1 Å². The van der Waals surface area contributed by atoms with E-state index in [4.69, 9.17) is 37.4 Å². The molecule has 0 fully saturated rings. The lowest BCUT2D eigenvalue weighted by molar-refractivity contribution is 0.0511. The van der Waals surface area contributed by atoms with Crippen molar-refractivity contribution in [1.82, 2.24) is 9.97 Å². The maximum Gasteiger partial charge on any atom is 0.341 e. The van der Waals surface area contributed by atoms with Gasteiger partial charge in [0, 0.05) is 23.5 Å². The highest BCUT2D eigenvalue weighted by molar-refractivity contribution is 6.31. The van der Waals surface area contributed by atoms with Crippen LogP contribution in [0.5, 0.6) is 5.88 Å². The van der Waals surface area contributed by atoms with Crippen LogP contribution in [0, 0.1) is 11.6 Å². The molecule has 294 valence electrons. The van der Waals surface area contributed by atoms with E-state index in [2.05, 4.69) is 9.97 Å². The SMILES string of the molecule is CCOC(=O)c1cc(C2=C(c3cc(Cl)c[nH]c3=O)CCC2)ccc1F.CCOC(=O)c1cc(C2=C(c3cc(Cl)cnc3OCc3ccccc3)CCC2)ccc1F. The summed E-state index contributed by atoms with van der Waals surface area (Å²) in [6.07, 6.45) is 7.90. The van der Waals surface area contributed by atoms with Crippen molar-refractivity contribution in [2.45, 2.75) is 59.0 Å². The smallest absolute Gasteiger partial charge is 0.341 e. The Morgan fingerprint density at radius 1 is 0.702 bits per heavy atom. The van der Waals surface area contributed by atoms with Crippen LogP contribution in [-0.4, -0.2) is 35.1 Å². The van der Waals surface area contributed by atoms with Crippen LogP contribution in [0.25, 0.3) is 22.3 Å². The minimum Gasteiger partial charge on any atom is -0.472 e. The van der Waals surface area contributed by atoms with E-state index < -0.39 is 23.6 Å². The third-order valence-electron chi connectivity index (χ3n) is 9.61. The Labute approximate surface area is 339 Å². The van der Waals surface area contributed by atoms with Crippen molar-refractivity contribution in [1.29, 1.82) is 0 Å². The number of allylic oxidation sites excluding steroid dienone is 4. The lowest BCUT2D eigenvalue weighted by atomic mass is 9.96. The molecule has 0 saturated heterocycles. The van der Waals surface area contributed by atoms with Gasteiger partial charge in [-0.15, -0.1) is 0 Å². The summed E-state index contributed by atoms with van der Waals surface area (Å²) in [6.45, 7) is 4.11. The number of pyridine rings is 2. The van der Waals surface area contributed by atoms with Crippen molar-refractivity contribution in [3.05, 3.63) is 162 Å². The molecule has 0 amide bonds. The van der Waals surface area contributed by atoms with E-state index in [1.54, 1.807) is 44.3 Å². The Hall–Kier alpha value is -5.58. The highest BCUT2D eigenvalue weighted by Gasteiger charge is 2.25. The van der Waals surface area contributed by atoms with Crippen LogP contribution in [0.4, 0.5) is 8.78 Å². The number of aromatic nitrogens is 2. The minimum atomic E-state index is -0.692. The van der Waals surface area contributed by atoms with E-state index in [1.165, 1.54) is 24.4 Å². The van der Waals surface area contributed by atoms with Crippen molar-refractivity contribution in [2.75, 3.05) is 13.2 Å². The van der Waals surface area contributed by atoms with Crippen molar-refractivity contribution < 1.29 is 32.6 Å². The zero-order chi connectivity index (χ0) is 40.5. The molecule has 2 aliphatic carbocycles. The van der Waals surface area contributed by atoms with Gasteiger partial charge in [-0.3, -0.25) is 4.79 Å². The van der Waals surface area contributed by atoms with Crippen LogP contribution in [0.3, 0.4) is 0 Å². The second-order valence-corrected chi connectivity index (χ2v) is 14.2. The molecule has 0 atom stereocenters. The summed E-state index contributed by atoms with van der Waals surface area (Å²) in [5.74, 6) is -2.07. The predicted octanol–water partition coefficient (Wildman–Crippen LogP) is 11.2. The van der Waals surface area contributed by atoms with Gasteiger partial charge in [0.25, 0.3) is 5.56 Å². The fourth-order valence-corrected chi connectivity index (χ4v) is 7.36. The number of H-pyrrole nitrogens is 1. The van der Waals surface area contributed by atoms with Crippen molar-refractivity contribution >= 4 is 57.4 Å². The fourth-order valence-electron chi connectivity index (χ4n) is 7.04. The molecule has 12 heteroatoms. The van der Waals surface area contributed by atoms with Gasteiger partial charge in [-0.2, -0.15) is 0 Å². The summed E-state index contributed by atoms with van der Waals surface area (Å²) in [7, 11) is 0. The molecule has 2 heterocycles. The quantitative estimate of drug-likeness (QED) is 0.132. The van der Waals surface area contributed by atoms with Crippen LogP contribution >= 0.6 is 23.2 Å². The van der Waals surface area contributed by atoms with Gasteiger partial charge < -0.3 is 19.2 Å². The number of rotatable bonds is 11. The molecule has 0 radical (unpaired) electrons. The Balaban J connectivity index is 0.000000199. The molecule has 0 aliphatic heterocycles. The zero-order valence-electron chi connectivity index (χ0n) is 31.4. The molecule has 2 aromatic heterocycles. The van der Waals surface area contributed by atoms with Gasteiger partial charge >= 0.3 is 11.9 Å². The normalized spacial score (nSPS) is 13.6. The van der Waals surface area contributed by atoms with E-state index in [9.17, 15) is 23.2 Å². The standard InChI is InChI=1S/C26H23ClFNO3.C19H17ClFNO3/c1-2-31-26(30)23-13-18(11-12-24(23)28)20-9-6-10-21(20)22-14-19(27)15-29-25(22)32-16-17-7-4-3-5-8-17;1-2-25-19(24)16-8-11(6-7-17(16)21)13-4-3-5-14(13)15-9-12(20)10-22-18(15)23/h3-5,7-8,11-15H,2,6,9-10,16H2,1H3;6-10H,2-5H2,1H3,(H,22,23). The lowest BCUT2D eigenvalue weighted by Crippen LogP contribution is -2.11. The fraction of sp³-hybridized carbons (Fsp3) is 0.244. The Morgan fingerprint density at radius 3 is 1.79 bits per heavy atom. The summed E-state index contributed by atoms with van der Waals surface area (Å²) in [6, 6.07) is 22.3. The van der Waals surface area contributed by atoms with Crippen LogP contribution in [0.1, 0.15) is 101 Å². The Kier molecular flexibility index (Phi) is 13.7.